The zero-order valence-corrected chi connectivity index (χ0v) is 17.3. The Bertz CT molecular complexity index is 1100. The van der Waals surface area contributed by atoms with Crippen LogP contribution in [0.1, 0.15) is 35.8 Å². The van der Waals surface area contributed by atoms with Crippen molar-refractivity contribution >= 4 is 22.8 Å². The van der Waals surface area contributed by atoms with Crippen LogP contribution < -0.4 is 5.73 Å². The lowest BCUT2D eigenvalue weighted by Gasteiger charge is -2.31. The minimum Gasteiger partial charge on any atom is -0.367 e. The first-order valence-corrected chi connectivity index (χ1v) is 10.0. The van der Waals surface area contributed by atoms with E-state index in [2.05, 4.69) is 5.10 Å². The summed E-state index contributed by atoms with van der Waals surface area (Å²) in [5.74, 6) is -0.756. The Balaban J connectivity index is 1.82. The van der Waals surface area contributed by atoms with Crippen LogP contribution in [0.3, 0.4) is 0 Å². The summed E-state index contributed by atoms with van der Waals surface area (Å²) >= 11 is 0. The SMILES string of the molecule is Cc1ccc(-c2cc(C(=O)N3CCOC(C(N)=O)C3)c3cnn(C(C)C)c3n2)cc1. The van der Waals surface area contributed by atoms with Gasteiger partial charge >= 0.3 is 0 Å². The summed E-state index contributed by atoms with van der Waals surface area (Å²) in [6, 6.07) is 9.91. The highest BCUT2D eigenvalue weighted by molar-refractivity contribution is 6.06. The molecule has 2 N–H and O–H groups in total. The highest BCUT2D eigenvalue weighted by Crippen LogP contribution is 2.28. The standard InChI is InChI=1S/C22H25N5O3/c1-13(2)27-21-17(11-24-27)16(10-18(25-21)15-6-4-14(3)5-7-15)22(29)26-8-9-30-19(12-26)20(23)28/h4-7,10-11,13,19H,8-9,12H2,1-3H3,(H2,23,28). The van der Waals surface area contributed by atoms with Crippen molar-refractivity contribution in [3.05, 3.63) is 47.7 Å². The number of pyridine rings is 1. The van der Waals surface area contributed by atoms with Gasteiger partial charge in [0.15, 0.2) is 11.8 Å². The van der Waals surface area contributed by atoms with E-state index in [-0.39, 0.29) is 25.1 Å². The molecule has 1 atom stereocenters. The Kier molecular flexibility index (Phi) is 5.26. The summed E-state index contributed by atoms with van der Waals surface area (Å²) in [6.07, 6.45) is 0.885. The van der Waals surface area contributed by atoms with E-state index in [9.17, 15) is 9.59 Å². The second-order valence-electron chi connectivity index (χ2n) is 7.85. The van der Waals surface area contributed by atoms with Crippen molar-refractivity contribution in [2.75, 3.05) is 19.7 Å². The van der Waals surface area contributed by atoms with Gasteiger partial charge in [-0.15, -0.1) is 0 Å². The average molecular weight is 407 g/mol. The molecule has 1 saturated heterocycles. The number of primary amides is 1. The molecule has 0 spiro atoms. The van der Waals surface area contributed by atoms with Crippen molar-refractivity contribution in [3.8, 4) is 11.3 Å². The van der Waals surface area contributed by atoms with E-state index in [1.54, 1.807) is 17.2 Å². The Labute approximate surface area is 174 Å². The smallest absolute Gasteiger partial charge is 0.254 e. The van der Waals surface area contributed by atoms with Gasteiger partial charge in [-0.05, 0) is 26.8 Å². The van der Waals surface area contributed by atoms with Crippen LogP contribution in [0.15, 0.2) is 36.5 Å². The van der Waals surface area contributed by atoms with Crippen LogP contribution in [0, 0.1) is 6.92 Å². The van der Waals surface area contributed by atoms with Crippen molar-refractivity contribution < 1.29 is 14.3 Å². The molecule has 0 radical (unpaired) electrons. The molecule has 3 heterocycles. The molecular formula is C22H25N5O3. The molecular weight excluding hydrogens is 382 g/mol. The van der Waals surface area contributed by atoms with Crippen LogP contribution in [-0.4, -0.2) is 57.3 Å². The molecule has 8 nitrogen and oxygen atoms in total. The number of carbonyl (C=O) groups is 2. The number of morpholine rings is 1. The third kappa shape index (κ3) is 3.66. The largest absolute Gasteiger partial charge is 0.367 e. The van der Waals surface area contributed by atoms with Crippen molar-refractivity contribution in [2.45, 2.75) is 32.9 Å². The average Bonchev–Trinajstić information content (AvgIpc) is 3.17. The van der Waals surface area contributed by atoms with E-state index in [0.717, 1.165) is 11.1 Å². The van der Waals surface area contributed by atoms with E-state index in [4.69, 9.17) is 15.5 Å². The molecule has 1 unspecified atom stereocenters. The van der Waals surface area contributed by atoms with Gasteiger partial charge in [-0.2, -0.15) is 5.10 Å². The van der Waals surface area contributed by atoms with Crippen molar-refractivity contribution in [2.24, 2.45) is 5.73 Å². The van der Waals surface area contributed by atoms with Crippen LogP contribution in [0.5, 0.6) is 0 Å². The van der Waals surface area contributed by atoms with Crippen LogP contribution >= 0.6 is 0 Å². The van der Waals surface area contributed by atoms with Gasteiger partial charge in [0, 0.05) is 18.2 Å². The molecule has 0 aliphatic carbocycles. The van der Waals surface area contributed by atoms with Crippen LogP contribution in [0.2, 0.25) is 0 Å². The first-order valence-electron chi connectivity index (χ1n) is 10.0. The Morgan fingerprint density at radius 3 is 2.63 bits per heavy atom. The number of rotatable bonds is 4. The Hall–Kier alpha value is -3.26. The second-order valence-corrected chi connectivity index (χ2v) is 7.85. The number of nitrogens with two attached hydrogens (primary N) is 1. The topological polar surface area (TPSA) is 103 Å². The molecule has 4 rings (SSSR count). The van der Waals surface area contributed by atoms with Gasteiger partial charge in [0.05, 0.1) is 36.0 Å². The van der Waals surface area contributed by atoms with Gasteiger partial charge in [-0.3, -0.25) is 9.59 Å². The van der Waals surface area contributed by atoms with Crippen molar-refractivity contribution in [1.82, 2.24) is 19.7 Å². The van der Waals surface area contributed by atoms with Gasteiger partial charge in [0.25, 0.3) is 5.91 Å². The minimum atomic E-state index is -0.796. The number of aromatic nitrogens is 3. The lowest BCUT2D eigenvalue weighted by Crippen LogP contribution is -2.50. The predicted molar refractivity (Wildman–Crippen MR) is 113 cm³/mol. The van der Waals surface area contributed by atoms with E-state index in [1.807, 2.05) is 49.7 Å². The van der Waals surface area contributed by atoms with E-state index < -0.39 is 12.0 Å². The van der Waals surface area contributed by atoms with E-state index in [1.165, 1.54) is 0 Å². The molecule has 8 heteroatoms. The van der Waals surface area contributed by atoms with E-state index >= 15 is 0 Å². The second kappa shape index (κ2) is 7.87. The van der Waals surface area contributed by atoms with Gasteiger partial charge in [0.1, 0.15) is 0 Å². The monoisotopic (exact) mass is 407 g/mol. The zero-order valence-electron chi connectivity index (χ0n) is 17.3. The predicted octanol–water partition coefficient (Wildman–Crippen LogP) is 2.31. The van der Waals surface area contributed by atoms with Crippen LogP contribution in [-0.2, 0) is 9.53 Å². The number of hydrogen-bond acceptors (Lipinski definition) is 5. The fourth-order valence-electron chi connectivity index (χ4n) is 3.62. The normalized spacial score (nSPS) is 16.9. The van der Waals surface area contributed by atoms with Crippen molar-refractivity contribution in [3.63, 3.8) is 0 Å². The highest BCUT2D eigenvalue weighted by Gasteiger charge is 2.30. The summed E-state index contributed by atoms with van der Waals surface area (Å²) in [6.45, 7) is 6.86. The summed E-state index contributed by atoms with van der Waals surface area (Å²) in [4.78, 5) is 31.4. The molecule has 1 fully saturated rings. The maximum absolute atomic E-state index is 13.5. The molecule has 1 aliphatic heterocycles. The minimum absolute atomic E-state index is 0.0915. The molecule has 30 heavy (non-hydrogen) atoms. The first-order chi connectivity index (χ1) is 14.3. The highest BCUT2D eigenvalue weighted by atomic mass is 16.5. The van der Waals surface area contributed by atoms with E-state index in [0.29, 0.717) is 28.8 Å². The number of ether oxygens (including phenoxy) is 1. The molecule has 1 aromatic carbocycles. The summed E-state index contributed by atoms with van der Waals surface area (Å²) in [5, 5.41) is 5.15. The quantitative estimate of drug-likeness (QED) is 0.715. The summed E-state index contributed by atoms with van der Waals surface area (Å²) in [7, 11) is 0. The molecule has 156 valence electrons. The number of nitrogens with zero attached hydrogens (tertiary/aromatic N) is 4. The third-order valence-corrected chi connectivity index (χ3v) is 5.30. The third-order valence-electron chi connectivity index (χ3n) is 5.30. The van der Waals surface area contributed by atoms with Crippen LogP contribution in [0.25, 0.3) is 22.3 Å². The molecule has 0 saturated carbocycles. The molecule has 2 amide bonds. The summed E-state index contributed by atoms with van der Waals surface area (Å²) < 4.78 is 7.20. The number of fused-ring (bicyclic) bond motifs is 1. The van der Waals surface area contributed by atoms with Crippen molar-refractivity contribution in [1.29, 1.82) is 0 Å². The first kappa shape index (κ1) is 20.0. The Morgan fingerprint density at radius 1 is 1.23 bits per heavy atom. The molecule has 0 bridgehead atoms. The number of carbonyl (C=O) groups excluding carboxylic acids is 2. The molecule has 3 aromatic rings. The maximum atomic E-state index is 13.5. The fourth-order valence-corrected chi connectivity index (χ4v) is 3.62. The zero-order chi connectivity index (χ0) is 21.4. The number of benzene rings is 1. The summed E-state index contributed by atoms with van der Waals surface area (Å²) in [5.41, 5.74) is 9.32. The van der Waals surface area contributed by atoms with Gasteiger partial charge in [-0.1, -0.05) is 29.8 Å². The lowest BCUT2D eigenvalue weighted by atomic mass is 10.0. The maximum Gasteiger partial charge on any atom is 0.254 e. The molecule has 1 aliphatic rings. The molecule has 2 aromatic heterocycles. The number of amides is 2. The van der Waals surface area contributed by atoms with Gasteiger partial charge in [-0.25, -0.2) is 9.67 Å². The fraction of sp³-hybridized carbons (Fsp3) is 0.364. The van der Waals surface area contributed by atoms with Crippen LogP contribution in [0.4, 0.5) is 0 Å². The lowest BCUT2D eigenvalue weighted by molar-refractivity contribution is -0.133. The number of hydrogen-bond donors (Lipinski definition) is 1. The number of aryl methyl sites for hydroxylation is 1. The van der Waals surface area contributed by atoms with Gasteiger partial charge in [0.2, 0.25) is 5.91 Å². The Morgan fingerprint density at radius 2 is 1.97 bits per heavy atom. The van der Waals surface area contributed by atoms with Gasteiger partial charge < -0.3 is 15.4 Å².